The van der Waals surface area contributed by atoms with E-state index in [0.29, 0.717) is 88.3 Å². The zero-order valence-electron chi connectivity index (χ0n) is 23.8. The van der Waals surface area contributed by atoms with E-state index in [1.54, 1.807) is 6.07 Å². The third-order valence-corrected chi connectivity index (χ3v) is 7.11. The van der Waals surface area contributed by atoms with Crippen molar-refractivity contribution < 1.29 is 13.9 Å². The zero-order chi connectivity index (χ0) is 30.2. The van der Waals surface area contributed by atoms with Crippen LogP contribution in [0.15, 0.2) is 30.6 Å². The molecule has 42 heavy (non-hydrogen) atoms. The fraction of sp³-hybridized carbons (Fsp3) is 0.400. The maximum Gasteiger partial charge on any atom is 0.157 e. The number of halogens is 2. The van der Waals surface area contributed by atoms with Gasteiger partial charge in [0, 0.05) is 43.3 Å². The number of alkyl halides is 1. The van der Waals surface area contributed by atoms with E-state index in [1.807, 2.05) is 37.9 Å². The van der Waals surface area contributed by atoms with Crippen LogP contribution in [0.2, 0.25) is 5.02 Å². The smallest absolute Gasteiger partial charge is 0.157 e. The summed E-state index contributed by atoms with van der Waals surface area (Å²) >= 11 is 5.92. The molecule has 0 saturated carbocycles. The van der Waals surface area contributed by atoms with Gasteiger partial charge in [0.15, 0.2) is 6.29 Å². The van der Waals surface area contributed by atoms with E-state index in [2.05, 4.69) is 26.7 Å². The SMILES string of the molecule is CC(C)Cc1nc(NC2CCNCC2F)c(C=N)c(-c2ccc(N(C)Cc3ncc(Cl)cn3)c(OCC=O)c2)c1C#N. The Kier molecular flexibility index (Phi) is 10.4. The summed E-state index contributed by atoms with van der Waals surface area (Å²) in [6.07, 6.45) is 4.78. The van der Waals surface area contributed by atoms with Crippen LogP contribution < -0.4 is 20.3 Å². The van der Waals surface area contributed by atoms with Crippen LogP contribution >= 0.6 is 11.6 Å². The fourth-order valence-electron chi connectivity index (χ4n) is 4.95. The van der Waals surface area contributed by atoms with Crippen LogP contribution in [0.1, 0.15) is 42.9 Å². The number of hydrogen-bond acceptors (Lipinski definition) is 10. The Morgan fingerprint density at radius 2 is 2.12 bits per heavy atom. The van der Waals surface area contributed by atoms with Crippen molar-refractivity contribution in [3.8, 4) is 22.9 Å². The van der Waals surface area contributed by atoms with Gasteiger partial charge < -0.3 is 25.7 Å². The number of ether oxygens (including phenoxy) is 1. The van der Waals surface area contributed by atoms with Crippen molar-refractivity contribution in [1.29, 1.82) is 10.7 Å². The summed E-state index contributed by atoms with van der Waals surface area (Å²) in [7, 11) is 1.84. The predicted molar refractivity (Wildman–Crippen MR) is 161 cm³/mol. The number of piperidine rings is 1. The van der Waals surface area contributed by atoms with E-state index in [9.17, 15) is 14.4 Å². The molecule has 3 N–H and O–H groups in total. The lowest BCUT2D eigenvalue weighted by molar-refractivity contribution is -0.109. The van der Waals surface area contributed by atoms with E-state index < -0.39 is 12.2 Å². The lowest BCUT2D eigenvalue weighted by atomic mass is 9.91. The Balaban J connectivity index is 1.84. The van der Waals surface area contributed by atoms with Crippen molar-refractivity contribution in [2.24, 2.45) is 5.92 Å². The van der Waals surface area contributed by atoms with Gasteiger partial charge in [-0.15, -0.1) is 0 Å². The summed E-state index contributed by atoms with van der Waals surface area (Å²) < 4.78 is 20.6. The average Bonchev–Trinajstić information content (AvgIpc) is 2.97. The van der Waals surface area contributed by atoms with Crippen molar-refractivity contribution in [1.82, 2.24) is 20.3 Å². The monoisotopic (exact) mass is 592 g/mol. The van der Waals surface area contributed by atoms with E-state index in [1.165, 1.54) is 12.4 Å². The van der Waals surface area contributed by atoms with Gasteiger partial charge >= 0.3 is 0 Å². The van der Waals surface area contributed by atoms with Crippen LogP contribution in [0.5, 0.6) is 5.75 Å². The molecule has 1 aliphatic heterocycles. The molecular weight excluding hydrogens is 559 g/mol. The highest BCUT2D eigenvalue weighted by Crippen LogP contribution is 2.39. The van der Waals surface area contributed by atoms with Gasteiger partial charge in [-0.05, 0) is 43.0 Å². The Labute approximate surface area is 249 Å². The van der Waals surface area contributed by atoms with E-state index in [0.717, 1.165) is 6.21 Å². The van der Waals surface area contributed by atoms with E-state index in [4.69, 9.17) is 26.7 Å². The second-order valence-electron chi connectivity index (χ2n) is 10.5. The number of rotatable bonds is 12. The number of benzene rings is 1. The summed E-state index contributed by atoms with van der Waals surface area (Å²) in [5.41, 5.74) is 3.04. The molecule has 1 aromatic carbocycles. The number of carbonyl (C=O) groups is 1. The highest BCUT2D eigenvalue weighted by molar-refractivity contribution is 6.30. The third-order valence-electron chi connectivity index (χ3n) is 6.92. The molecule has 2 aromatic heterocycles. The molecule has 12 heteroatoms. The summed E-state index contributed by atoms with van der Waals surface area (Å²) in [6, 6.07) is 7.22. The largest absolute Gasteiger partial charge is 0.484 e. The number of pyridine rings is 1. The number of aldehydes is 1. The number of aromatic nitrogens is 3. The first-order valence-corrected chi connectivity index (χ1v) is 14.1. The number of nitriles is 1. The predicted octanol–water partition coefficient (Wildman–Crippen LogP) is 4.59. The molecule has 0 amide bonds. The van der Waals surface area contributed by atoms with Gasteiger partial charge in [0.2, 0.25) is 0 Å². The standard InChI is InChI=1S/C30H34ClFN8O2/c1-18(2)10-25-21(12-33)29(22(13-34)30(39-25)38-24-6-7-35-16-23(24)32)19-4-5-26(27(11-19)42-9-8-41)40(3)17-28-36-14-20(31)15-37-28/h4-5,8,11,13-15,18,23-24,34-35H,6-7,9-10,16-17H2,1-3H3,(H,38,39). The first kappa shape index (κ1) is 30.8. The molecule has 1 aliphatic rings. The van der Waals surface area contributed by atoms with Crippen LogP contribution in [0.25, 0.3) is 11.1 Å². The fourth-order valence-corrected chi connectivity index (χ4v) is 5.05. The lowest BCUT2D eigenvalue weighted by Crippen LogP contribution is -2.45. The minimum atomic E-state index is -1.13. The lowest BCUT2D eigenvalue weighted by Gasteiger charge is -2.29. The van der Waals surface area contributed by atoms with Crippen LogP contribution in [-0.4, -0.2) is 66.4 Å². The molecule has 0 radical (unpaired) electrons. The number of nitrogens with one attached hydrogen (secondary N) is 3. The number of anilines is 2. The molecule has 1 fully saturated rings. The minimum absolute atomic E-state index is 0.181. The second-order valence-corrected chi connectivity index (χ2v) is 11.0. The number of nitrogens with zero attached hydrogens (tertiary/aromatic N) is 5. The quantitative estimate of drug-likeness (QED) is 0.203. The Morgan fingerprint density at radius 3 is 2.76 bits per heavy atom. The minimum Gasteiger partial charge on any atom is -0.484 e. The topological polar surface area (TPSA) is 140 Å². The third kappa shape index (κ3) is 7.19. The summed E-state index contributed by atoms with van der Waals surface area (Å²) in [4.78, 5) is 26.4. The summed E-state index contributed by atoms with van der Waals surface area (Å²) in [6.45, 7) is 5.11. The van der Waals surface area contributed by atoms with Gasteiger partial charge in [-0.1, -0.05) is 31.5 Å². The van der Waals surface area contributed by atoms with Crippen LogP contribution in [-0.2, 0) is 17.8 Å². The molecule has 3 heterocycles. The first-order chi connectivity index (χ1) is 20.2. The normalized spacial score (nSPS) is 16.5. The Bertz CT molecular complexity index is 1460. The molecule has 0 bridgehead atoms. The second kappa shape index (κ2) is 14.2. The van der Waals surface area contributed by atoms with Crippen molar-refractivity contribution in [2.75, 3.05) is 37.0 Å². The molecule has 220 valence electrons. The molecular formula is C30H34ClFN8O2. The van der Waals surface area contributed by atoms with Gasteiger partial charge in [0.1, 0.15) is 36.2 Å². The van der Waals surface area contributed by atoms with Gasteiger partial charge in [-0.2, -0.15) is 5.26 Å². The number of hydrogen-bond donors (Lipinski definition) is 3. The van der Waals surface area contributed by atoms with Gasteiger partial charge in [-0.3, -0.25) is 4.79 Å². The van der Waals surface area contributed by atoms with E-state index in [-0.39, 0.29) is 19.1 Å². The van der Waals surface area contributed by atoms with Crippen molar-refractivity contribution in [2.45, 2.75) is 45.4 Å². The molecule has 4 rings (SSSR count). The average molecular weight is 593 g/mol. The first-order valence-electron chi connectivity index (χ1n) is 13.7. The molecule has 0 spiro atoms. The molecule has 3 aromatic rings. The van der Waals surface area contributed by atoms with Crippen LogP contribution in [0, 0.1) is 22.7 Å². The summed E-state index contributed by atoms with van der Waals surface area (Å²) in [5, 5.41) is 25.4. The zero-order valence-corrected chi connectivity index (χ0v) is 24.6. The van der Waals surface area contributed by atoms with Crippen molar-refractivity contribution in [3.63, 3.8) is 0 Å². The molecule has 2 atom stereocenters. The highest BCUT2D eigenvalue weighted by atomic mass is 35.5. The van der Waals surface area contributed by atoms with Gasteiger partial charge in [-0.25, -0.2) is 19.3 Å². The molecule has 2 unspecified atom stereocenters. The van der Waals surface area contributed by atoms with Gasteiger partial charge in [0.05, 0.1) is 34.6 Å². The maximum absolute atomic E-state index is 14.8. The van der Waals surface area contributed by atoms with Gasteiger partial charge in [0.25, 0.3) is 0 Å². The van der Waals surface area contributed by atoms with Crippen molar-refractivity contribution >= 4 is 35.6 Å². The Hall–Kier alpha value is -4.14. The molecule has 0 aliphatic carbocycles. The molecule has 1 saturated heterocycles. The maximum atomic E-state index is 14.8. The van der Waals surface area contributed by atoms with Crippen molar-refractivity contribution in [3.05, 3.63) is 58.3 Å². The number of carbonyl (C=O) groups excluding carboxylic acids is 1. The van der Waals surface area contributed by atoms with Crippen LogP contribution in [0.4, 0.5) is 15.9 Å². The summed E-state index contributed by atoms with van der Waals surface area (Å²) in [5.74, 6) is 1.49. The molecule has 10 nitrogen and oxygen atoms in total. The highest BCUT2D eigenvalue weighted by Gasteiger charge is 2.28. The van der Waals surface area contributed by atoms with Crippen LogP contribution in [0.3, 0.4) is 0 Å². The Morgan fingerprint density at radius 1 is 1.36 bits per heavy atom. The van der Waals surface area contributed by atoms with E-state index >= 15 is 0 Å².